The van der Waals surface area contributed by atoms with Gasteiger partial charge in [0.15, 0.2) is 5.92 Å². The number of aliphatic imine (C=N–C) groups is 1. The summed E-state index contributed by atoms with van der Waals surface area (Å²) in [6.45, 7) is 1.09. The zero-order valence-electron chi connectivity index (χ0n) is 12.4. The summed E-state index contributed by atoms with van der Waals surface area (Å²) in [6.07, 6.45) is 3.40. The lowest BCUT2D eigenvalue weighted by Gasteiger charge is -2.11. The molecule has 0 saturated carbocycles. The highest BCUT2D eigenvalue weighted by atomic mass is 35.5. The number of nitriles is 1. The van der Waals surface area contributed by atoms with Crippen molar-refractivity contribution in [2.45, 2.75) is 6.54 Å². The number of amides is 1. The zero-order valence-corrected chi connectivity index (χ0v) is 13.9. The Balaban J connectivity index is 2.73. The van der Waals surface area contributed by atoms with E-state index in [-0.39, 0.29) is 5.91 Å². The van der Waals surface area contributed by atoms with Crippen molar-refractivity contribution < 1.29 is 9.53 Å². The lowest BCUT2D eigenvalue weighted by Crippen LogP contribution is -2.35. The van der Waals surface area contributed by atoms with Gasteiger partial charge < -0.3 is 10.1 Å². The Hall–Kier alpha value is -1.62. The van der Waals surface area contributed by atoms with Crippen LogP contribution in [0, 0.1) is 17.2 Å². The Bertz CT molecular complexity index is 557. The van der Waals surface area contributed by atoms with Crippen LogP contribution in [0.15, 0.2) is 23.3 Å². The fraction of sp³-hybridized carbons (Fsp3) is 0.429. The van der Waals surface area contributed by atoms with Gasteiger partial charge >= 0.3 is 0 Å². The Morgan fingerprint density at radius 1 is 1.64 bits per heavy atom. The number of aromatic nitrogens is 1. The maximum Gasteiger partial charge on any atom is 0.244 e. The lowest BCUT2D eigenvalue weighted by atomic mass is 10.1. The molecule has 8 heteroatoms. The average Bonchev–Trinajstić information content (AvgIpc) is 2.53. The minimum absolute atomic E-state index is 0.337. The third-order valence-corrected chi connectivity index (χ3v) is 3.67. The van der Waals surface area contributed by atoms with E-state index in [9.17, 15) is 10.1 Å². The van der Waals surface area contributed by atoms with E-state index in [1.165, 1.54) is 11.8 Å². The van der Waals surface area contributed by atoms with E-state index in [0.29, 0.717) is 29.9 Å². The van der Waals surface area contributed by atoms with Gasteiger partial charge in [0.25, 0.3) is 0 Å². The van der Waals surface area contributed by atoms with Crippen LogP contribution in [0.3, 0.4) is 0 Å². The molecule has 22 heavy (non-hydrogen) atoms. The minimum Gasteiger partial charge on any atom is -0.383 e. The third-order valence-electron chi connectivity index (χ3n) is 2.66. The second-order valence-electron chi connectivity index (χ2n) is 4.19. The SMILES string of the molecule is COCCNC(=O)[C@H](C#N)C(=NCc1ccc(Cl)nc1)SC. The number of pyridine rings is 1. The summed E-state index contributed by atoms with van der Waals surface area (Å²) < 4.78 is 4.86. The topological polar surface area (TPSA) is 87.4 Å². The number of rotatable bonds is 7. The zero-order chi connectivity index (χ0) is 16.4. The Morgan fingerprint density at radius 2 is 2.41 bits per heavy atom. The molecule has 1 heterocycles. The maximum atomic E-state index is 12.0. The Morgan fingerprint density at radius 3 is 2.95 bits per heavy atom. The van der Waals surface area contributed by atoms with Crippen LogP contribution in [-0.2, 0) is 16.1 Å². The molecule has 0 aliphatic heterocycles. The number of methoxy groups -OCH3 is 1. The fourth-order valence-corrected chi connectivity index (χ4v) is 2.25. The molecule has 6 nitrogen and oxygen atoms in total. The monoisotopic (exact) mass is 340 g/mol. The van der Waals surface area contributed by atoms with Gasteiger partial charge in [-0.25, -0.2) is 4.98 Å². The highest BCUT2D eigenvalue weighted by molar-refractivity contribution is 8.13. The first-order valence-electron chi connectivity index (χ1n) is 6.47. The predicted octanol–water partition coefficient (Wildman–Crippen LogP) is 1.90. The summed E-state index contributed by atoms with van der Waals surface area (Å²) in [5.74, 6) is -1.30. The second-order valence-corrected chi connectivity index (χ2v) is 5.41. The van der Waals surface area contributed by atoms with Gasteiger partial charge in [0.05, 0.1) is 24.3 Å². The molecular formula is C14H17ClN4O2S. The van der Waals surface area contributed by atoms with E-state index in [1.54, 1.807) is 31.7 Å². The van der Waals surface area contributed by atoms with E-state index in [2.05, 4.69) is 15.3 Å². The molecule has 1 N–H and O–H groups in total. The van der Waals surface area contributed by atoms with Crippen LogP contribution in [-0.4, -0.2) is 42.5 Å². The first-order chi connectivity index (χ1) is 10.6. The van der Waals surface area contributed by atoms with Crippen LogP contribution in [0.25, 0.3) is 0 Å². The number of halogens is 1. The van der Waals surface area contributed by atoms with Gasteiger partial charge in [0.2, 0.25) is 5.91 Å². The first-order valence-corrected chi connectivity index (χ1v) is 8.07. The quantitative estimate of drug-likeness (QED) is 0.354. The van der Waals surface area contributed by atoms with Crippen LogP contribution in [0.1, 0.15) is 5.56 Å². The normalized spacial score (nSPS) is 12.5. The van der Waals surface area contributed by atoms with Crippen LogP contribution in [0.5, 0.6) is 0 Å². The summed E-state index contributed by atoms with van der Waals surface area (Å²) >= 11 is 7.00. The van der Waals surface area contributed by atoms with Crippen molar-refractivity contribution in [1.29, 1.82) is 5.26 Å². The molecule has 118 valence electrons. The number of carbonyl (C=O) groups is 1. The number of thioether (sulfide) groups is 1. The van der Waals surface area contributed by atoms with Crippen molar-refractivity contribution in [2.24, 2.45) is 10.9 Å². The van der Waals surface area contributed by atoms with Gasteiger partial charge in [-0.15, -0.1) is 11.8 Å². The van der Waals surface area contributed by atoms with E-state index >= 15 is 0 Å². The molecule has 1 amide bonds. The van der Waals surface area contributed by atoms with Gasteiger partial charge in [-0.3, -0.25) is 9.79 Å². The second kappa shape index (κ2) is 10.2. The van der Waals surface area contributed by atoms with E-state index in [1.807, 2.05) is 6.07 Å². The Kier molecular flexibility index (Phi) is 8.51. The number of ether oxygens (including phenoxy) is 1. The molecule has 0 aliphatic carbocycles. The number of nitrogens with zero attached hydrogens (tertiary/aromatic N) is 3. The predicted molar refractivity (Wildman–Crippen MR) is 87.9 cm³/mol. The number of hydrogen-bond acceptors (Lipinski definition) is 6. The molecule has 0 saturated heterocycles. The highest BCUT2D eigenvalue weighted by Gasteiger charge is 2.23. The van der Waals surface area contributed by atoms with Gasteiger partial charge in [0.1, 0.15) is 5.15 Å². The van der Waals surface area contributed by atoms with Gasteiger partial charge in [-0.1, -0.05) is 17.7 Å². The minimum atomic E-state index is -0.924. The molecule has 1 atom stereocenters. The van der Waals surface area contributed by atoms with Crippen molar-refractivity contribution in [3.8, 4) is 6.07 Å². The van der Waals surface area contributed by atoms with Gasteiger partial charge in [0, 0.05) is 19.9 Å². The molecule has 0 bridgehead atoms. The van der Waals surface area contributed by atoms with E-state index < -0.39 is 5.92 Å². The van der Waals surface area contributed by atoms with Crippen LogP contribution in [0.2, 0.25) is 5.15 Å². The fourth-order valence-electron chi connectivity index (χ4n) is 1.55. The summed E-state index contributed by atoms with van der Waals surface area (Å²) in [4.78, 5) is 20.3. The van der Waals surface area contributed by atoms with Crippen molar-refractivity contribution in [2.75, 3.05) is 26.5 Å². The molecule has 0 aromatic carbocycles. The molecule has 1 rings (SSSR count). The van der Waals surface area contributed by atoms with Gasteiger partial charge in [-0.2, -0.15) is 5.26 Å². The summed E-state index contributed by atoms with van der Waals surface area (Å²) in [7, 11) is 1.54. The average molecular weight is 341 g/mol. The number of hydrogen-bond donors (Lipinski definition) is 1. The van der Waals surface area contributed by atoms with E-state index in [0.717, 1.165) is 5.56 Å². The first kappa shape index (κ1) is 18.4. The molecule has 1 aromatic rings. The molecule has 1 aromatic heterocycles. The molecule has 0 fully saturated rings. The summed E-state index contributed by atoms with van der Waals surface area (Å²) in [5, 5.41) is 12.7. The summed E-state index contributed by atoms with van der Waals surface area (Å²) in [5.41, 5.74) is 0.854. The smallest absolute Gasteiger partial charge is 0.244 e. The third kappa shape index (κ3) is 6.02. The van der Waals surface area contributed by atoms with E-state index in [4.69, 9.17) is 16.3 Å². The van der Waals surface area contributed by atoms with Crippen LogP contribution < -0.4 is 5.32 Å². The van der Waals surface area contributed by atoms with Crippen LogP contribution >= 0.6 is 23.4 Å². The van der Waals surface area contributed by atoms with Crippen molar-refractivity contribution in [3.63, 3.8) is 0 Å². The standard InChI is InChI=1S/C14H17ClN4O2S/c1-21-6-5-17-13(20)11(7-16)14(22-2)19-9-10-3-4-12(15)18-8-10/h3-4,8,11H,5-6,9H2,1-2H3,(H,17,20)/t11-/m0/s1. The molecule has 0 radical (unpaired) electrons. The van der Waals surface area contributed by atoms with Crippen LogP contribution in [0.4, 0.5) is 0 Å². The molecule has 0 aliphatic rings. The lowest BCUT2D eigenvalue weighted by molar-refractivity contribution is -0.121. The molecule has 0 unspecified atom stereocenters. The van der Waals surface area contributed by atoms with Crippen molar-refractivity contribution in [1.82, 2.24) is 10.3 Å². The van der Waals surface area contributed by atoms with Crippen molar-refractivity contribution >= 4 is 34.3 Å². The summed E-state index contributed by atoms with van der Waals surface area (Å²) in [6, 6.07) is 5.46. The molecule has 0 spiro atoms. The largest absolute Gasteiger partial charge is 0.383 e. The van der Waals surface area contributed by atoms with Crippen molar-refractivity contribution in [3.05, 3.63) is 29.0 Å². The highest BCUT2D eigenvalue weighted by Crippen LogP contribution is 2.13. The Labute approximate surface area is 138 Å². The molecular weight excluding hydrogens is 324 g/mol. The number of carbonyl (C=O) groups excluding carboxylic acids is 1. The number of nitrogens with one attached hydrogen (secondary N) is 1. The van der Waals surface area contributed by atoms with Gasteiger partial charge in [-0.05, 0) is 17.9 Å². The maximum absolute atomic E-state index is 12.0.